The summed E-state index contributed by atoms with van der Waals surface area (Å²) in [5.41, 5.74) is 0.813. The Bertz CT molecular complexity index is 453. The van der Waals surface area contributed by atoms with Crippen LogP contribution in [0.25, 0.3) is 0 Å². The summed E-state index contributed by atoms with van der Waals surface area (Å²) >= 11 is 5.66. The van der Waals surface area contributed by atoms with Crippen molar-refractivity contribution in [3.63, 3.8) is 0 Å². The highest BCUT2D eigenvalue weighted by Gasteiger charge is 2.24. The molecule has 102 valence electrons. The molecule has 0 saturated heterocycles. The lowest BCUT2D eigenvalue weighted by Gasteiger charge is -2.20. The van der Waals surface area contributed by atoms with E-state index < -0.39 is 10.0 Å². The van der Waals surface area contributed by atoms with E-state index in [1.54, 1.807) is 6.07 Å². The molecule has 0 fully saturated rings. The van der Waals surface area contributed by atoms with Gasteiger partial charge < -0.3 is 0 Å². The van der Waals surface area contributed by atoms with E-state index in [2.05, 4.69) is 4.98 Å². The van der Waals surface area contributed by atoms with Gasteiger partial charge in [-0.05, 0) is 24.5 Å². The van der Waals surface area contributed by atoms with Crippen LogP contribution in [0.1, 0.15) is 32.3 Å². The van der Waals surface area contributed by atoms with Crippen molar-refractivity contribution in [2.45, 2.75) is 37.6 Å². The Kier molecular flexibility index (Phi) is 6.05. The van der Waals surface area contributed by atoms with Gasteiger partial charge in [0.25, 0.3) is 10.0 Å². The SMILES string of the molecule is CCCN(CCC)S(=O)(=O)c1ccc(CCl)cn1. The molecule has 18 heavy (non-hydrogen) atoms. The number of nitrogens with zero attached hydrogens (tertiary/aromatic N) is 2. The van der Waals surface area contributed by atoms with Gasteiger partial charge in [-0.15, -0.1) is 11.6 Å². The van der Waals surface area contributed by atoms with Crippen LogP contribution in [0.2, 0.25) is 0 Å². The molecule has 1 heterocycles. The van der Waals surface area contributed by atoms with Crippen LogP contribution in [0.4, 0.5) is 0 Å². The van der Waals surface area contributed by atoms with Crippen LogP contribution >= 0.6 is 11.6 Å². The average molecular weight is 291 g/mol. The zero-order valence-corrected chi connectivity index (χ0v) is 12.3. The number of sulfonamides is 1. The Labute approximate surface area is 114 Å². The molecule has 1 aromatic rings. The van der Waals surface area contributed by atoms with Crippen LogP contribution < -0.4 is 0 Å². The normalized spacial score (nSPS) is 12.0. The number of rotatable bonds is 7. The third kappa shape index (κ3) is 3.67. The van der Waals surface area contributed by atoms with Crippen molar-refractivity contribution in [2.75, 3.05) is 13.1 Å². The minimum Gasteiger partial charge on any atom is -0.243 e. The van der Waals surface area contributed by atoms with Crippen LogP contribution in [0.15, 0.2) is 23.4 Å². The van der Waals surface area contributed by atoms with Gasteiger partial charge in [0.2, 0.25) is 0 Å². The number of aromatic nitrogens is 1. The van der Waals surface area contributed by atoms with E-state index in [0.717, 1.165) is 18.4 Å². The Balaban J connectivity index is 3.01. The highest BCUT2D eigenvalue weighted by Crippen LogP contribution is 2.15. The number of halogens is 1. The lowest BCUT2D eigenvalue weighted by atomic mass is 10.3. The van der Waals surface area contributed by atoms with Crippen LogP contribution in [0, 0.1) is 0 Å². The average Bonchev–Trinajstić information content (AvgIpc) is 2.38. The first kappa shape index (κ1) is 15.4. The van der Waals surface area contributed by atoms with Crippen molar-refractivity contribution in [3.05, 3.63) is 23.9 Å². The highest BCUT2D eigenvalue weighted by molar-refractivity contribution is 7.89. The maximum atomic E-state index is 12.3. The summed E-state index contributed by atoms with van der Waals surface area (Å²) in [6.45, 7) is 4.97. The fourth-order valence-electron chi connectivity index (χ4n) is 1.63. The number of hydrogen-bond donors (Lipinski definition) is 0. The summed E-state index contributed by atoms with van der Waals surface area (Å²) in [4.78, 5) is 3.99. The van der Waals surface area contributed by atoms with Gasteiger partial charge in [-0.1, -0.05) is 19.9 Å². The molecule has 1 aromatic heterocycles. The Morgan fingerprint density at radius 3 is 2.22 bits per heavy atom. The predicted octanol–water partition coefficient (Wildman–Crippen LogP) is 2.63. The van der Waals surface area contributed by atoms with E-state index in [-0.39, 0.29) is 5.03 Å². The fraction of sp³-hybridized carbons (Fsp3) is 0.583. The molecule has 0 aliphatic carbocycles. The zero-order chi connectivity index (χ0) is 13.6. The van der Waals surface area contributed by atoms with Gasteiger partial charge in [-0.25, -0.2) is 13.4 Å². The van der Waals surface area contributed by atoms with Crippen molar-refractivity contribution in [3.8, 4) is 0 Å². The van der Waals surface area contributed by atoms with Crippen LogP contribution in [0.5, 0.6) is 0 Å². The minimum atomic E-state index is -3.47. The van der Waals surface area contributed by atoms with Crippen molar-refractivity contribution in [1.82, 2.24) is 9.29 Å². The summed E-state index contributed by atoms with van der Waals surface area (Å²) in [6.07, 6.45) is 3.09. The minimum absolute atomic E-state index is 0.0956. The van der Waals surface area contributed by atoms with Gasteiger partial charge in [0.1, 0.15) is 0 Å². The van der Waals surface area contributed by atoms with Gasteiger partial charge in [-0.3, -0.25) is 0 Å². The molecule has 1 rings (SSSR count). The number of pyridine rings is 1. The summed E-state index contributed by atoms with van der Waals surface area (Å²) in [5, 5.41) is 0.0956. The Morgan fingerprint density at radius 1 is 1.22 bits per heavy atom. The molecule has 0 N–H and O–H groups in total. The lowest BCUT2D eigenvalue weighted by molar-refractivity contribution is 0.408. The summed E-state index contributed by atoms with van der Waals surface area (Å²) < 4.78 is 26.2. The molecule has 0 spiro atoms. The molecule has 4 nitrogen and oxygen atoms in total. The maximum absolute atomic E-state index is 12.3. The molecule has 0 radical (unpaired) electrons. The topological polar surface area (TPSA) is 50.3 Å². The molecule has 0 aliphatic heterocycles. The molecule has 0 amide bonds. The van der Waals surface area contributed by atoms with Gasteiger partial charge in [0.05, 0.1) is 0 Å². The van der Waals surface area contributed by atoms with E-state index >= 15 is 0 Å². The van der Waals surface area contributed by atoms with E-state index in [0.29, 0.717) is 19.0 Å². The summed E-state index contributed by atoms with van der Waals surface area (Å²) in [5.74, 6) is 0.334. The first-order chi connectivity index (χ1) is 8.56. The van der Waals surface area contributed by atoms with Gasteiger partial charge >= 0.3 is 0 Å². The number of hydrogen-bond acceptors (Lipinski definition) is 3. The highest BCUT2D eigenvalue weighted by atomic mass is 35.5. The second kappa shape index (κ2) is 7.07. The molecule has 0 aliphatic rings. The van der Waals surface area contributed by atoms with Crippen LogP contribution in [-0.4, -0.2) is 30.8 Å². The van der Waals surface area contributed by atoms with E-state index in [1.165, 1.54) is 16.6 Å². The van der Waals surface area contributed by atoms with E-state index in [9.17, 15) is 8.42 Å². The second-order valence-corrected chi connectivity index (χ2v) is 6.19. The van der Waals surface area contributed by atoms with Gasteiger partial charge in [-0.2, -0.15) is 4.31 Å². The van der Waals surface area contributed by atoms with Crippen molar-refractivity contribution >= 4 is 21.6 Å². The zero-order valence-electron chi connectivity index (χ0n) is 10.8. The quantitative estimate of drug-likeness (QED) is 0.725. The van der Waals surface area contributed by atoms with Crippen LogP contribution in [0.3, 0.4) is 0 Å². The first-order valence-corrected chi connectivity index (χ1v) is 8.04. The summed E-state index contributed by atoms with van der Waals surface area (Å²) in [6, 6.07) is 3.22. The maximum Gasteiger partial charge on any atom is 0.260 e. The van der Waals surface area contributed by atoms with Crippen molar-refractivity contribution in [2.24, 2.45) is 0 Å². The predicted molar refractivity (Wildman–Crippen MR) is 73.1 cm³/mol. The monoisotopic (exact) mass is 290 g/mol. The molecule has 0 bridgehead atoms. The third-order valence-electron chi connectivity index (χ3n) is 2.50. The lowest BCUT2D eigenvalue weighted by Crippen LogP contribution is -2.33. The first-order valence-electron chi connectivity index (χ1n) is 6.07. The van der Waals surface area contributed by atoms with Crippen molar-refractivity contribution in [1.29, 1.82) is 0 Å². The van der Waals surface area contributed by atoms with Crippen LogP contribution in [-0.2, 0) is 15.9 Å². The van der Waals surface area contributed by atoms with E-state index in [4.69, 9.17) is 11.6 Å². The molecular formula is C12H19ClN2O2S. The molecule has 0 unspecified atom stereocenters. The second-order valence-electron chi connectivity index (χ2n) is 4.04. The Hall–Kier alpha value is -0.650. The molecule has 0 saturated carbocycles. The number of alkyl halides is 1. The third-order valence-corrected chi connectivity index (χ3v) is 4.63. The largest absolute Gasteiger partial charge is 0.260 e. The van der Waals surface area contributed by atoms with Gasteiger partial charge in [0.15, 0.2) is 5.03 Å². The van der Waals surface area contributed by atoms with Crippen molar-refractivity contribution < 1.29 is 8.42 Å². The summed E-state index contributed by atoms with van der Waals surface area (Å²) in [7, 11) is -3.47. The molecular weight excluding hydrogens is 272 g/mol. The standard InChI is InChI=1S/C12H19ClN2O2S/c1-3-7-15(8-4-2)18(16,17)12-6-5-11(9-13)10-14-12/h5-6,10H,3-4,7-9H2,1-2H3. The fourth-order valence-corrected chi connectivity index (χ4v) is 3.32. The van der Waals surface area contributed by atoms with E-state index in [1.807, 2.05) is 13.8 Å². The Morgan fingerprint density at radius 2 is 1.83 bits per heavy atom. The van der Waals surface area contributed by atoms with Gasteiger partial charge in [0, 0.05) is 25.2 Å². The smallest absolute Gasteiger partial charge is 0.243 e. The molecule has 0 atom stereocenters. The molecule has 0 aromatic carbocycles. The molecule has 6 heteroatoms.